The lowest BCUT2D eigenvalue weighted by Crippen LogP contribution is -2.31. The number of hydrogen-bond acceptors (Lipinski definition) is 4. The summed E-state index contributed by atoms with van der Waals surface area (Å²) in [6.07, 6.45) is 0.674. The van der Waals surface area contributed by atoms with E-state index in [0.717, 1.165) is 11.6 Å². The van der Waals surface area contributed by atoms with Gasteiger partial charge in [-0.15, -0.1) is 0 Å². The Morgan fingerprint density at radius 1 is 1.07 bits per heavy atom. The van der Waals surface area contributed by atoms with Crippen LogP contribution in [0.4, 0.5) is 4.39 Å². The quantitative estimate of drug-likeness (QED) is 0.574. The van der Waals surface area contributed by atoms with Crippen molar-refractivity contribution in [2.24, 2.45) is 4.99 Å². The molecule has 0 aliphatic rings. The molecule has 0 unspecified atom stereocenters. The zero-order valence-corrected chi connectivity index (χ0v) is 15.9. The molecule has 1 amide bonds. The number of aliphatic imine (C=N–C) groups is 1. The molecule has 7 heteroatoms. The maximum Gasteiger partial charge on any atom is 0.294 e. The number of benzene rings is 2. The Bertz CT molecular complexity index is 823. The number of halogens is 1. The molecule has 2 rings (SSSR count). The topological polar surface area (TPSA) is 60.4 Å². The van der Waals surface area contributed by atoms with E-state index >= 15 is 0 Å². The molecule has 0 saturated heterocycles. The minimum Gasteiger partial charge on any atom is -0.493 e. The first-order valence-corrected chi connectivity index (χ1v) is 8.33. The number of carbonyl (C=O) groups is 1. The molecule has 0 saturated carbocycles. The van der Waals surface area contributed by atoms with E-state index in [1.165, 1.54) is 25.3 Å². The average molecular weight is 374 g/mol. The fourth-order valence-corrected chi connectivity index (χ4v) is 2.49. The summed E-state index contributed by atoms with van der Waals surface area (Å²) in [6.45, 7) is 0.554. The van der Waals surface area contributed by atoms with Crippen molar-refractivity contribution < 1.29 is 23.4 Å². The molecule has 0 N–H and O–H groups in total. The van der Waals surface area contributed by atoms with Crippen LogP contribution in [0, 0.1) is 5.82 Å². The minimum atomic E-state index is -0.565. The standard InChI is InChI=1S/C20H23FN2O4/c1-23(11-10-14-8-9-17(25-2)18(12-14)26-3)20(27-4)22-19(24)15-6-5-7-16(21)13-15/h5-9,12-13H,10-11H2,1-4H3. The van der Waals surface area contributed by atoms with Gasteiger partial charge in [-0.2, -0.15) is 4.99 Å². The van der Waals surface area contributed by atoms with Crippen LogP contribution in [-0.4, -0.2) is 51.8 Å². The summed E-state index contributed by atoms with van der Waals surface area (Å²) in [7, 11) is 6.37. The molecule has 2 aromatic carbocycles. The average Bonchev–Trinajstić information content (AvgIpc) is 2.69. The molecular weight excluding hydrogens is 351 g/mol. The van der Waals surface area contributed by atoms with E-state index in [1.54, 1.807) is 26.2 Å². The molecule has 0 radical (unpaired) electrons. The third-order valence-corrected chi connectivity index (χ3v) is 3.96. The number of amides is 1. The Morgan fingerprint density at radius 3 is 2.44 bits per heavy atom. The Hall–Kier alpha value is -3.09. The van der Waals surface area contributed by atoms with Crippen molar-refractivity contribution in [3.63, 3.8) is 0 Å². The van der Waals surface area contributed by atoms with Crippen molar-refractivity contribution in [1.82, 2.24) is 4.90 Å². The molecule has 0 heterocycles. The van der Waals surface area contributed by atoms with Gasteiger partial charge in [0.05, 0.1) is 21.3 Å². The van der Waals surface area contributed by atoms with Crippen LogP contribution in [0.1, 0.15) is 15.9 Å². The normalized spacial score (nSPS) is 11.1. The Labute approximate surface area is 158 Å². The van der Waals surface area contributed by atoms with Gasteiger partial charge in [-0.3, -0.25) is 4.79 Å². The zero-order valence-electron chi connectivity index (χ0n) is 15.9. The molecule has 144 valence electrons. The van der Waals surface area contributed by atoms with E-state index in [0.29, 0.717) is 24.5 Å². The number of hydrogen-bond donors (Lipinski definition) is 0. The van der Waals surface area contributed by atoms with E-state index in [2.05, 4.69) is 4.99 Å². The number of methoxy groups -OCH3 is 3. The van der Waals surface area contributed by atoms with Gasteiger partial charge in [0.1, 0.15) is 5.82 Å². The molecule has 0 aromatic heterocycles. The smallest absolute Gasteiger partial charge is 0.294 e. The summed E-state index contributed by atoms with van der Waals surface area (Å²) in [5.41, 5.74) is 1.20. The minimum absolute atomic E-state index is 0.157. The van der Waals surface area contributed by atoms with Crippen molar-refractivity contribution in [2.75, 3.05) is 34.9 Å². The lowest BCUT2D eigenvalue weighted by atomic mass is 10.1. The highest BCUT2D eigenvalue weighted by molar-refractivity contribution is 6.01. The van der Waals surface area contributed by atoms with Crippen LogP contribution in [0.15, 0.2) is 47.5 Å². The maximum absolute atomic E-state index is 13.3. The molecule has 0 aliphatic heterocycles. The highest BCUT2D eigenvalue weighted by atomic mass is 19.1. The summed E-state index contributed by atoms with van der Waals surface area (Å²) in [5.74, 6) is 0.259. The van der Waals surface area contributed by atoms with Crippen LogP contribution < -0.4 is 9.47 Å². The Morgan fingerprint density at radius 2 is 1.81 bits per heavy atom. The van der Waals surface area contributed by atoms with Crippen molar-refractivity contribution in [2.45, 2.75) is 6.42 Å². The number of likely N-dealkylation sites (N-methyl/N-ethyl adjacent to an activating group) is 1. The highest BCUT2D eigenvalue weighted by Crippen LogP contribution is 2.27. The zero-order chi connectivity index (χ0) is 19.8. The molecule has 0 spiro atoms. The number of nitrogens with zero attached hydrogens (tertiary/aromatic N) is 2. The first-order valence-electron chi connectivity index (χ1n) is 8.33. The Kier molecular flexibility index (Phi) is 7.16. The van der Waals surface area contributed by atoms with Gasteiger partial charge in [-0.25, -0.2) is 4.39 Å². The van der Waals surface area contributed by atoms with Gasteiger partial charge in [-0.05, 0) is 42.3 Å². The predicted molar refractivity (Wildman–Crippen MR) is 101 cm³/mol. The molecule has 27 heavy (non-hydrogen) atoms. The second kappa shape index (κ2) is 9.56. The maximum atomic E-state index is 13.3. The van der Waals surface area contributed by atoms with Crippen LogP contribution in [-0.2, 0) is 11.2 Å². The number of rotatable bonds is 6. The van der Waals surface area contributed by atoms with Gasteiger partial charge in [0.25, 0.3) is 11.9 Å². The molecule has 6 nitrogen and oxygen atoms in total. The SMILES string of the molecule is COC(=NC(=O)c1cccc(F)c1)N(C)CCc1ccc(OC)c(OC)c1. The van der Waals surface area contributed by atoms with Crippen molar-refractivity contribution >= 4 is 11.9 Å². The summed E-state index contributed by atoms with van der Waals surface area (Å²) < 4.78 is 29.0. The van der Waals surface area contributed by atoms with Crippen molar-refractivity contribution in [3.8, 4) is 11.5 Å². The van der Waals surface area contributed by atoms with Gasteiger partial charge in [0.2, 0.25) is 0 Å². The monoisotopic (exact) mass is 374 g/mol. The summed E-state index contributed by atoms with van der Waals surface area (Å²) in [4.78, 5) is 17.9. The van der Waals surface area contributed by atoms with Crippen LogP contribution >= 0.6 is 0 Å². The van der Waals surface area contributed by atoms with E-state index in [1.807, 2.05) is 18.2 Å². The second-order valence-electron chi connectivity index (χ2n) is 5.77. The van der Waals surface area contributed by atoms with E-state index < -0.39 is 11.7 Å². The fourth-order valence-electron chi connectivity index (χ4n) is 2.49. The fraction of sp³-hybridized carbons (Fsp3) is 0.300. The largest absolute Gasteiger partial charge is 0.493 e. The molecule has 0 bridgehead atoms. The summed E-state index contributed by atoms with van der Waals surface area (Å²) in [5, 5.41) is 0. The molecule has 2 aromatic rings. The van der Waals surface area contributed by atoms with Gasteiger partial charge in [0.15, 0.2) is 11.5 Å². The van der Waals surface area contributed by atoms with Gasteiger partial charge < -0.3 is 19.1 Å². The lowest BCUT2D eigenvalue weighted by molar-refractivity contribution is 0.0996. The number of ether oxygens (including phenoxy) is 3. The van der Waals surface area contributed by atoms with Crippen molar-refractivity contribution in [1.29, 1.82) is 0 Å². The lowest BCUT2D eigenvalue weighted by Gasteiger charge is -2.19. The van der Waals surface area contributed by atoms with E-state index in [-0.39, 0.29) is 11.6 Å². The van der Waals surface area contributed by atoms with Crippen molar-refractivity contribution in [3.05, 3.63) is 59.4 Å². The number of carbonyl (C=O) groups excluding carboxylic acids is 1. The van der Waals surface area contributed by atoms with Crippen LogP contribution in [0.5, 0.6) is 11.5 Å². The summed E-state index contributed by atoms with van der Waals surface area (Å²) >= 11 is 0. The van der Waals surface area contributed by atoms with Gasteiger partial charge in [0, 0.05) is 19.2 Å². The van der Waals surface area contributed by atoms with Gasteiger partial charge >= 0.3 is 0 Å². The first-order chi connectivity index (χ1) is 13.0. The van der Waals surface area contributed by atoms with E-state index in [9.17, 15) is 9.18 Å². The van der Waals surface area contributed by atoms with Crippen LogP contribution in [0.3, 0.4) is 0 Å². The van der Waals surface area contributed by atoms with Crippen LogP contribution in [0.2, 0.25) is 0 Å². The second-order valence-corrected chi connectivity index (χ2v) is 5.77. The summed E-state index contributed by atoms with van der Waals surface area (Å²) in [6, 6.07) is 11.2. The molecule has 0 aliphatic carbocycles. The molecular formula is C20H23FN2O4. The van der Waals surface area contributed by atoms with Crippen LogP contribution in [0.25, 0.3) is 0 Å². The predicted octanol–water partition coefficient (Wildman–Crippen LogP) is 3.16. The molecule has 0 atom stereocenters. The third-order valence-electron chi connectivity index (χ3n) is 3.96. The Balaban J connectivity index is 2.06. The first kappa shape index (κ1) is 20.2. The highest BCUT2D eigenvalue weighted by Gasteiger charge is 2.13. The van der Waals surface area contributed by atoms with Gasteiger partial charge in [-0.1, -0.05) is 12.1 Å². The van der Waals surface area contributed by atoms with E-state index in [4.69, 9.17) is 14.2 Å². The third kappa shape index (κ3) is 5.44. The number of amidine groups is 1. The molecule has 0 fully saturated rings.